The van der Waals surface area contributed by atoms with Crippen molar-refractivity contribution in [2.24, 2.45) is 16.7 Å². The minimum Gasteiger partial charge on any atom is -0.480 e. The van der Waals surface area contributed by atoms with E-state index in [1.165, 1.54) is 0 Å². The zero-order valence-electron chi connectivity index (χ0n) is 6.88. The highest BCUT2D eigenvalue weighted by Gasteiger charge is 2.74. The van der Waals surface area contributed by atoms with Gasteiger partial charge >= 0.3 is 5.97 Å². The quantitative estimate of drug-likeness (QED) is 0.616. The second-order valence-corrected chi connectivity index (χ2v) is 3.67. The summed E-state index contributed by atoms with van der Waals surface area (Å²) < 4.78 is 0. The summed E-state index contributed by atoms with van der Waals surface area (Å²) in [6.07, 6.45) is 0. The second kappa shape index (κ2) is 1.76. The first kappa shape index (κ1) is 8.06. The SMILES string of the molecule is CC1C(C)(C)C1(C#N)C(=O)O. The van der Waals surface area contributed by atoms with Gasteiger partial charge in [0, 0.05) is 0 Å². The Labute approximate surface area is 65.6 Å². The highest BCUT2D eigenvalue weighted by molar-refractivity contribution is 5.84. The second-order valence-electron chi connectivity index (χ2n) is 3.67. The van der Waals surface area contributed by atoms with Crippen LogP contribution in [0.5, 0.6) is 0 Å². The molecular weight excluding hydrogens is 142 g/mol. The zero-order valence-corrected chi connectivity index (χ0v) is 6.88. The van der Waals surface area contributed by atoms with E-state index in [1.54, 1.807) is 6.92 Å². The van der Waals surface area contributed by atoms with E-state index in [0.29, 0.717) is 0 Å². The Kier molecular flexibility index (Phi) is 1.29. The van der Waals surface area contributed by atoms with Crippen molar-refractivity contribution in [2.75, 3.05) is 0 Å². The van der Waals surface area contributed by atoms with Gasteiger partial charge < -0.3 is 5.11 Å². The van der Waals surface area contributed by atoms with E-state index in [-0.39, 0.29) is 11.3 Å². The molecule has 60 valence electrons. The van der Waals surface area contributed by atoms with Gasteiger partial charge in [0.15, 0.2) is 5.41 Å². The maximum Gasteiger partial charge on any atom is 0.324 e. The van der Waals surface area contributed by atoms with Gasteiger partial charge in [0.1, 0.15) is 0 Å². The average molecular weight is 153 g/mol. The van der Waals surface area contributed by atoms with Crippen molar-refractivity contribution in [1.29, 1.82) is 5.26 Å². The molecule has 0 aromatic rings. The van der Waals surface area contributed by atoms with E-state index in [0.717, 1.165) is 0 Å². The monoisotopic (exact) mass is 153 g/mol. The van der Waals surface area contributed by atoms with Crippen molar-refractivity contribution in [1.82, 2.24) is 0 Å². The minimum absolute atomic E-state index is 0.0440. The molecule has 11 heavy (non-hydrogen) atoms. The predicted molar refractivity (Wildman–Crippen MR) is 38.6 cm³/mol. The maximum atomic E-state index is 10.7. The Balaban J connectivity index is 3.05. The molecule has 1 aliphatic carbocycles. The van der Waals surface area contributed by atoms with Gasteiger partial charge in [-0.05, 0) is 11.3 Å². The molecule has 2 unspecified atom stereocenters. The molecule has 0 spiro atoms. The molecule has 0 aromatic carbocycles. The third kappa shape index (κ3) is 0.597. The van der Waals surface area contributed by atoms with Crippen molar-refractivity contribution in [3.63, 3.8) is 0 Å². The summed E-state index contributed by atoms with van der Waals surface area (Å²) in [5, 5.41) is 17.5. The minimum atomic E-state index is -1.13. The standard InChI is InChI=1S/C8H11NO2/c1-5-7(2,3)8(5,4-9)6(10)11/h5H,1-3H3,(H,10,11). The third-order valence-electron chi connectivity index (χ3n) is 3.18. The van der Waals surface area contributed by atoms with Crippen LogP contribution in [-0.2, 0) is 4.79 Å². The first-order valence-electron chi connectivity index (χ1n) is 3.56. The van der Waals surface area contributed by atoms with E-state index in [1.807, 2.05) is 19.9 Å². The van der Waals surface area contributed by atoms with Crippen molar-refractivity contribution >= 4 is 5.97 Å². The summed E-state index contributed by atoms with van der Waals surface area (Å²) in [6, 6.07) is 1.89. The average Bonchev–Trinajstić information content (AvgIpc) is 2.30. The van der Waals surface area contributed by atoms with Crippen LogP contribution in [0.15, 0.2) is 0 Å². The predicted octanol–water partition coefficient (Wildman–Crippen LogP) is 1.26. The molecule has 0 amide bonds. The topological polar surface area (TPSA) is 61.1 Å². The summed E-state index contributed by atoms with van der Waals surface area (Å²) in [6.45, 7) is 5.43. The van der Waals surface area contributed by atoms with Gasteiger partial charge in [-0.1, -0.05) is 20.8 Å². The Hall–Kier alpha value is -1.04. The van der Waals surface area contributed by atoms with Gasteiger partial charge in [0.25, 0.3) is 0 Å². The summed E-state index contributed by atoms with van der Waals surface area (Å²) in [7, 11) is 0. The zero-order chi connectivity index (χ0) is 8.86. The molecule has 0 aromatic heterocycles. The number of nitriles is 1. The molecule has 2 atom stereocenters. The van der Waals surface area contributed by atoms with Crippen LogP contribution in [-0.4, -0.2) is 11.1 Å². The number of aliphatic carboxylic acids is 1. The van der Waals surface area contributed by atoms with E-state index in [4.69, 9.17) is 10.4 Å². The number of carboxylic acid groups (broad SMARTS) is 1. The molecule has 0 saturated heterocycles. The van der Waals surface area contributed by atoms with Crippen LogP contribution in [0.3, 0.4) is 0 Å². The normalized spacial score (nSPS) is 39.3. The highest BCUT2D eigenvalue weighted by atomic mass is 16.4. The summed E-state index contributed by atoms with van der Waals surface area (Å²) in [5.74, 6) is -1.03. The largest absolute Gasteiger partial charge is 0.480 e. The highest BCUT2D eigenvalue weighted by Crippen LogP contribution is 2.68. The molecule has 1 rings (SSSR count). The number of carboxylic acids is 1. The lowest BCUT2D eigenvalue weighted by Crippen LogP contribution is -2.18. The fraction of sp³-hybridized carbons (Fsp3) is 0.750. The van der Waals surface area contributed by atoms with Crippen LogP contribution in [0.2, 0.25) is 0 Å². The Bertz CT molecular complexity index is 251. The Morgan fingerprint density at radius 3 is 2.00 bits per heavy atom. The van der Waals surface area contributed by atoms with Gasteiger partial charge in [-0.2, -0.15) is 5.26 Å². The fourth-order valence-electron chi connectivity index (χ4n) is 1.77. The number of nitrogens with zero attached hydrogens (tertiary/aromatic N) is 1. The number of rotatable bonds is 1. The van der Waals surface area contributed by atoms with Crippen LogP contribution < -0.4 is 0 Å². The van der Waals surface area contributed by atoms with E-state index in [9.17, 15) is 4.79 Å². The van der Waals surface area contributed by atoms with E-state index < -0.39 is 11.4 Å². The van der Waals surface area contributed by atoms with Crippen LogP contribution in [0.1, 0.15) is 20.8 Å². The number of hydrogen-bond donors (Lipinski definition) is 1. The summed E-state index contributed by atoms with van der Waals surface area (Å²) in [4.78, 5) is 10.7. The Morgan fingerprint density at radius 2 is 2.00 bits per heavy atom. The van der Waals surface area contributed by atoms with Gasteiger partial charge in [-0.3, -0.25) is 4.79 Å². The van der Waals surface area contributed by atoms with Crippen LogP contribution in [0.4, 0.5) is 0 Å². The third-order valence-corrected chi connectivity index (χ3v) is 3.18. The smallest absolute Gasteiger partial charge is 0.324 e. The van der Waals surface area contributed by atoms with E-state index in [2.05, 4.69) is 0 Å². The molecule has 1 fully saturated rings. The van der Waals surface area contributed by atoms with Crippen LogP contribution >= 0.6 is 0 Å². The molecule has 0 radical (unpaired) electrons. The van der Waals surface area contributed by atoms with Crippen molar-refractivity contribution in [3.8, 4) is 6.07 Å². The maximum absolute atomic E-state index is 10.7. The Morgan fingerprint density at radius 1 is 1.64 bits per heavy atom. The van der Waals surface area contributed by atoms with Crippen molar-refractivity contribution < 1.29 is 9.90 Å². The summed E-state index contributed by atoms with van der Waals surface area (Å²) >= 11 is 0. The summed E-state index contributed by atoms with van der Waals surface area (Å²) in [5.41, 5.74) is -1.50. The molecule has 3 heteroatoms. The molecule has 1 saturated carbocycles. The fourth-order valence-corrected chi connectivity index (χ4v) is 1.77. The number of hydrogen-bond acceptors (Lipinski definition) is 2. The lowest BCUT2D eigenvalue weighted by Gasteiger charge is -2.03. The van der Waals surface area contributed by atoms with Crippen LogP contribution in [0, 0.1) is 28.1 Å². The van der Waals surface area contributed by atoms with Crippen molar-refractivity contribution in [2.45, 2.75) is 20.8 Å². The lowest BCUT2D eigenvalue weighted by molar-refractivity contribution is -0.142. The molecule has 0 aliphatic heterocycles. The van der Waals surface area contributed by atoms with Gasteiger partial charge in [0.2, 0.25) is 0 Å². The molecule has 0 bridgehead atoms. The van der Waals surface area contributed by atoms with Crippen molar-refractivity contribution in [3.05, 3.63) is 0 Å². The molecule has 1 N–H and O–H groups in total. The molecule has 0 heterocycles. The first-order valence-corrected chi connectivity index (χ1v) is 3.56. The first-order chi connectivity index (χ1) is 4.91. The molecule has 1 aliphatic rings. The van der Waals surface area contributed by atoms with E-state index >= 15 is 0 Å². The van der Waals surface area contributed by atoms with Crippen LogP contribution in [0.25, 0.3) is 0 Å². The van der Waals surface area contributed by atoms with Gasteiger partial charge in [-0.25, -0.2) is 0 Å². The molecular formula is C8H11NO2. The van der Waals surface area contributed by atoms with Gasteiger partial charge in [-0.15, -0.1) is 0 Å². The lowest BCUT2D eigenvalue weighted by atomic mass is 9.98. The van der Waals surface area contributed by atoms with Gasteiger partial charge in [0.05, 0.1) is 6.07 Å². The number of carbonyl (C=O) groups is 1. The molecule has 3 nitrogen and oxygen atoms in total.